The Morgan fingerprint density at radius 2 is 2.35 bits per heavy atom. The van der Waals surface area contributed by atoms with Crippen LogP contribution in [-0.4, -0.2) is 52.5 Å². The average molecular weight is 341 g/mol. The fourth-order valence-corrected chi connectivity index (χ4v) is 2.54. The molecule has 1 aliphatic heterocycles. The number of pyridine rings is 1. The number of hydrogen-bond acceptors (Lipinski definition) is 6. The molecule has 0 saturated carbocycles. The van der Waals surface area contributed by atoms with Crippen LogP contribution in [0.2, 0.25) is 5.02 Å². The Hall–Kier alpha value is -2.03. The normalized spacial score (nSPS) is 18.7. The topological polar surface area (TPSA) is 91.3 Å². The van der Waals surface area contributed by atoms with E-state index in [9.17, 15) is 14.3 Å². The van der Waals surface area contributed by atoms with Crippen molar-refractivity contribution in [1.29, 1.82) is 0 Å². The van der Waals surface area contributed by atoms with Gasteiger partial charge in [0, 0.05) is 30.9 Å². The van der Waals surface area contributed by atoms with E-state index in [-0.39, 0.29) is 29.8 Å². The number of aromatic nitrogens is 3. The lowest BCUT2D eigenvalue weighted by atomic mass is 10.2. The molecule has 0 bridgehead atoms. The van der Waals surface area contributed by atoms with Gasteiger partial charge in [0.1, 0.15) is 10.8 Å². The van der Waals surface area contributed by atoms with E-state index in [1.807, 2.05) is 0 Å². The highest BCUT2D eigenvalue weighted by molar-refractivity contribution is 6.32. The van der Waals surface area contributed by atoms with Gasteiger partial charge in [0.25, 0.3) is 5.56 Å². The second-order valence-corrected chi connectivity index (χ2v) is 5.47. The van der Waals surface area contributed by atoms with E-state index in [4.69, 9.17) is 16.3 Å². The van der Waals surface area contributed by atoms with Gasteiger partial charge in [-0.25, -0.2) is 9.97 Å². The largest absolute Gasteiger partial charge is 0.389 e. The third-order valence-corrected chi connectivity index (χ3v) is 3.73. The van der Waals surface area contributed by atoms with Gasteiger partial charge in [0.2, 0.25) is 5.95 Å². The first-order valence-electron chi connectivity index (χ1n) is 6.97. The van der Waals surface area contributed by atoms with E-state index >= 15 is 0 Å². The maximum Gasteiger partial charge on any atom is 0.272 e. The predicted octanol–water partition coefficient (Wildman–Crippen LogP) is 0.822. The number of aliphatic hydroxyl groups is 1. The van der Waals surface area contributed by atoms with Crippen molar-refractivity contribution in [2.45, 2.75) is 6.10 Å². The van der Waals surface area contributed by atoms with Crippen molar-refractivity contribution < 1.29 is 14.2 Å². The van der Waals surface area contributed by atoms with Crippen LogP contribution in [0.1, 0.15) is 0 Å². The zero-order valence-corrected chi connectivity index (χ0v) is 12.8. The monoisotopic (exact) mass is 340 g/mol. The summed E-state index contributed by atoms with van der Waals surface area (Å²) in [4.78, 5) is 24.0. The SMILES string of the molecule is O=c1[nH]c(-c2ccnc(F)c2)nc(N2CCOCC(O)C2)c1Cl. The molecule has 1 saturated heterocycles. The highest BCUT2D eigenvalue weighted by atomic mass is 35.5. The van der Waals surface area contributed by atoms with Crippen molar-refractivity contribution in [2.75, 3.05) is 31.2 Å². The number of hydrogen-bond donors (Lipinski definition) is 2. The molecular formula is C14H14ClFN4O3. The second-order valence-electron chi connectivity index (χ2n) is 5.09. The minimum Gasteiger partial charge on any atom is -0.389 e. The van der Waals surface area contributed by atoms with Crippen molar-refractivity contribution in [3.05, 3.63) is 39.7 Å². The van der Waals surface area contributed by atoms with Crippen LogP contribution in [0.5, 0.6) is 0 Å². The Balaban J connectivity index is 2.05. The Morgan fingerprint density at radius 3 is 3.13 bits per heavy atom. The lowest BCUT2D eigenvalue weighted by Gasteiger charge is -2.23. The number of H-pyrrole nitrogens is 1. The van der Waals surface area contributed by atoms with Crippen LogP contribution in [0.25, 0.3) is 11.4 Å². The third kappa shape index (κ3) is 3.49. The molecule has 0 amide bonds. The van der Waals surface area contributed by atoms with Crippen molar-refractivity contribution in [2.24, 2.45) is 0 Å². The van der Waals surface area contributed by atoms with Gasteiger partial charge in [-0.1, -0.05) is 11.6 Å². The molecule has 1 aliphatic rings. The van der Waals surface area contributed by atoms with E-state index in [1.165, 1.54) is 12.3 Å². The molecular weight excluding hydrogens is 327 g/mol. The van der Waals surface area contributed by atoms with Crippen molar-refractivity contribution in [3.63, 3.8) is 0 Å². The maximum atomic E-state index is 13.3. The van der Waals surface area contributed by atoms with E-state index in [0.29, 0.717) is 18.7 Å². The Morgan fingerprint density at radius 1 is 1.52 bits per heavy atom. The lowest BCUT2D eigenvalue weighted by molar-refractivity contribution is 0.0597. The molecule has 0 radical (unpaired) electrons. The fourth-order valence-electron chi connectivity index (χ4n) is 2.33. The highest BCUT2D eigenvalue weighted by Crippen LogP contribution is 2.24. The minimum absolute atomic E-state index is 0.0858. The van der Waals surface area contributed by atoms with Crippen LogP contribution in [0.3, 0.4) is 0 Å². The standard InChI is InChI=1S/C14H14ClFN4O3/c15-11-13(20-3-4-23-7-9(21)6-20)18-12(19-14(11)22)8-1-2-17-10(16)5-8/h1-2,5,9,21H,3-4,6-7H2,(H,18,19,22). The van der Waals surface area contributed by atoms with Crippen LogP contribution in [-0.2, 0) is 4.74 Å². The smallest absolute Gasteiger partial charge is 0.272 e. The first kappa shape index (κ1) is 15.9. The number of rotatable bonds is 2. The summed E-state index contributed by atoms with van der Waals surface area (Å²) in [6.45, 7) is 1.25. The zero-order valence-electron chi connectivity index (χ0n) is 12.0. The van der Waals surface area contributed by atoms with Gasteiger partial charge in [0.15, 0.2) is 5.82 Å². The zero-order chi connectivity index (χ0) is 16.4. The van der Waals surface area contributed by atoms with Gasteiger partial charge in [-0.3, -0.25) is 4.79 Å². The van der Waals surface area contributed by atoms with Crippen molar-refractivity contribution in [3.8, 4) is 11.4 Å². The second kappa shape index (κ2) is 6.61. The number of nitrogens with zero attached hydrogens (tertiary/aromatic N) is 3. The van der Waals surface area contributed by atoms with Crippen LogP contribution >= 0.6 is 11.6 Å². The van der Waals surface area contributed by atoms with E-state index in [0.717, 1.165) is 6.07 Å². The van der Waals surface area contributed by atoms with Gasteiger partial charge < -0.3 is 19.7 Å². The molecule has 0 spiro atoms. The summed E-state index contributed by atoms with van der Waals surface area (Å²) in [5.41, 5.74) is -0.164. The number of anilines is 1. The molecule has 2 N–H and O–H groups in total. The molecule has 122 valence electrons. The van der Waals surface area contributed by atoms with Gasteiger partial charge in [-0.05, 0) is 6.07 Å². The molecule has 9 heteroatoms. The van der Waals surface area contributed by atoms with Crippen LogP contribution in [0.15, 0.2) is 23.1 Å². The molecule has 23 heavy (non-hydrogen) atoms. The minimum atomic E-state index is -0.712. The maximum absolute atomic E-state index is 13.3. The summed E-state index contributed by atoms with van der Waals surface area (Å²) in [5.74, 6) is -0.275. The number of β-amino-alcohol motifs (C(OH)–C–C–N with tert-alkyl or cyclic N) is 1. The lowest BCUT2D eigenvalue weighted by Crippen LogP contribution is -2.34. The van der Waals surface area contributed by atoms with Crippen LogP contribution in [0.4, 0.5) is 10.2 Å². The predicted molar refractivity (Wildman–Crippen MR) is 82.1 cm³/mol. The first-order chi connectivity index (χ1) is 11.0. The summed E-state index contributed by atoms with van der Waals surface area (Å²) in [6.07, 6.45) is 0.569. The quantitative estimate of drug-likeness (QED) is 0.787. The van der Waals surface area contributed by atoms with Crippen molar-refractivity contribution >= 4 is 17.4 Å². The summed E-state index contributed by atoms with van der Waals surface area (Å²) in [5, 5.41) is 9.74. The third-order valence-electron chi connectivity index (χ3n) is 3.39. The number of halogens is 2. The number of aromatic amines is 1. The highest BCUT2D eigenvalue weighted by Gasteiger charge is 2.22. The molecule has 0 aliphatic carbocycles. The molecule has 1 atom stereocenters. The number of aliphatic hydroxyl groups excluding tert-OH is 1. The molecule has 1 fully saturated rings. The van der Waals surface area contributed by atoms with E-state index in [2.05, 4.69) is 15.0 Å². The molecule has 1 unspecified atom stereocenters. The number of ether oxygens (including phenoxy) is 1. The van der Waals surface area contributed by atoms with Crippen LogP contribution in [0, 0.1) is 5.95 Å². The summed E-state index contributed by atoms with van der Waals surface area (Å²) in [7, 11) is 0. The Labute approximate surface area is 135 Å². The fraction of sp³-hybridized carbons (Fsp3) is 0.357. The average Bonchev–Trinajstić information content (AvgIpc) is 2.74. The summed E-state index contributed by atoms with van der Waals surface area (Å²) < 4.78 is 18.5. The first-order valence-corrected chi connectivity index (χ1v) is 7.35. The van der Waals surface area contributed by atoms with Gasteiger partial charge >= 0.3 is 0 Å². The molecule has 7 nitrogen and oxygen atoms in total. The Kier molecular flexibility index (Phi) is 4.56. The molecule has 3 rings (SSSR count). The summed E-state index contributed by atoms with van der Waals surface area (Å²) in [6, 6.07) is 2.69. The summed E-state index contributed by atoms with van der Waals surface area (Å²) >= 11 is 6.06. The molecule has 2 aromatic heterocycles. The van der Waals surface area contributed by atoms with E-state index in [1.54, 1.807) is 4.90 Å². The molecule has 2 aromatic rings. The van der Waals surface area contributed by atoms with E-state index < -0.39 is 17.6 Å². The molecule has 3 heterocycles. The van der Waals surface area contributed by atoms with Gasteiger partial charge in [-0.2, -0.15) is 4.39 Å². The number of nitrogens with one attached hydrogen (secondary N) is 1. The van der Waals surface area contributed by atoms with Gasteiger partial charge in [-0.15, -0.1) is 0 Å². The van der Waals surface area contributed by atoms with Gasteiger partial charge in [0.05, 0.1) is 19.3 Å². The van der Waals surface area contributed by atoms with Crippen LogP contribution < -0.4 is 10.5 Å². The van der Waals surface area contributed by atoms with Crippen molar-refractivity contribution in [1.82, 2.24) is 15.0 Å². The Bertz CT molecular complexity index is 770. The molecule has 0 aromatic carbocycles.